The fourth-order valence-electron chi connectivity index (χ4n) is 3.98. The number of aromatic nitrogens is 4. The zero-order valence-corrected chi connectivity index (χ0v) is 19.0. The van der Waals surface area contributed by atoms with Crippen molar-refractivity contribution in [2.45, 2.75) is 32.9 Å². The van der Waals surface area contributed by atoms with Gasteiger partial charge in [0.1, 0.15) is 5.82 Å². The Morgan fingerprint density at radius 1 is 1.12 bits per heavy atom. The Bertz CT molecular complexity index is 984. The number of benzene rings is 1. The number of tetrazole rings is 1. The Labute approximate surface area is 192 Å². The maximum absolute atomic E-state index is 13.2. The highest BCUT2D eigenvalue weighted by Crippen LogP contribution is 2.28. The van der Waals surface area contributed by atoms with Gasteiger partial charge in [-0.1, -0.05) is 26.0 Å². The average molecular weight is 463 g/mol. The Kier molecular flexibility index (Phi) is 7.98. The molecule has 1 saturated heterocycles. The number of amides is 1. The van der Waals surface area contributed by atoms with Crippen LogP contribution in [0.3, 0.4) is 0 Å². The van der Waals surface area contributed by atoms with Crippen molar-refractivity contribution in [1.29, 1.82) is 0 Å². The predicted molar refractivity (Wildman–Crippen MR) is 119 cm³/mol. The summed E-state index contributed by atoms with van der Waals surface area (Å²) in [6, 6.07) is 9.84. The van der Waals surface area contributed by atoms with Crippen LogP contribution < -0.4 is 0 Å². The Hall–Kier alpha value is -2.78. The fourth-order valence-corrected chi connectivity index (χ4v) is 3.98. The van der Waals surface area contributed by atoms with E-state index < -0.39 is 0 Å². The van der Waals surface area contributed by atoms with E-state index in [0.717, 1.165) is 30.9 Å². The van der Waals surface area contributed by atoms with Gasteiger partial charge in [-0.15, -0.1) is 17.5 Å². The summed E-state index contributed by atoms with van der Waals surface area (Å²) in [5, 5.41) is 12.5. The quantitative estimate of drug-likeness (QED) is 0.535. The van der Waals surface area contributed by atoms with Crippen LogP contribution in [0.5, 0.6) is 0 Å². The van der Waals surface area contributed by atoms with E-state index in [9.17, 15) is 9.18 Å². The molecule has 1 fully saturated rings. The summed E-state index contributed by atoms with van der Waals surface area (Å²) in [5.41, 5.74) is 0.937. The molecule has 172 valence electrons. The summed E-state index contributed by atoms with van der Waals surface area (Å²) in [4.78, 5) is 16.7. The van der Waals surface area contributed by atoms with Gasteiger partial charge in [0.05, 0.1) is 18.8 Å². The van der Waals surface area contributed by atoms with E-state index in [1.165, 1.54) is 18.4 Å². The topological polar surface area (TPSA) is 80.3 Å². The van der Waals surface area contributed by atoms with Crippen LogP contribution in [0.25, 0.3) is 0 Å². The van der Waals surface area contributed by atoms with Crippen LogP contribution in [0, 0.1) is 11.7 Å². The number of furan rings is 1. The molecule has 0 N–H and O–H groups in total. The van der Waals surface area contributed by atoms with E-state index in [-0.39, 0.29) is 30.2 Å². The molecule has 1 amide bonds. The SMILES string of the molecule is CC(C)CC(c1nnnn1Cc1ccc(F)cc1)N1CCN(C(=O)c2ccco2)CC1.Cl. The molecule has 1 aliphatic heterocycles. The number of halogens is 2. The largest absolute Gasteiger partial charge is 0.459 e. The molecule has 8 nitrogen and oxygen atoms in total. The van der Waals surface area contributed by atoms with Gasteiger partial charge in [-0.25, -0.2) is 9.07 Å². The van der Waals surface area contributed by atoms with Gasteiger partial charge in [-0.05, 0) is 52.6 Å². The number of carbonyl (C=O) groups is 1. The van der Waals surface area contributed by atoms with E-state index in [1.54, 1.807) is 28.9 Å². The maximum Gasteiger partial charge on any atom is 0.289 e. The summed E-state index contributed by atoms with van der Waals surface area (Å²) in [6.07, 6.45) is 2.42. The first-order valence-corrected chi connectivity index (χ1v) is 10.6. The first kappa shape index (κ1) is 23.9. The lowest BCUT2D eigenvalue weighted by Crippen LogP contribution is -2.50. The summed E-state index contributed by atoms with van der Waals surface area (Å²) >= 11 is 0. The van der Waals surface area contributed by atoms with Crippen molar-refractivity contribution in [3.05, 3.63) is 65.6 Å². The van der Waals surface area contributed by atoms with Gasteiger partial charge in [0.15, 0.2) is 11.6 Å². The molecular formula is C22H28ClFN6O2. The number of piperazine rings is 1. The molecule has 0 bridgehead atoms. The second-order valence-electron chi connectivity index (χ2n) is 8.27. The second kappa shape index (κ2) is 10.7. The molecule has 1 aromatic carbocycles. The van der Waals surface area contributed by atoms with E-state index in [2.05, 4.69) is 34.3 Å². The number of carbonyl (C=O) groups excluding carboxylic acids is 1. The third kappa shape index (κ3) is 5.52. The lowest BCUT2D eigenvalue weighted by atomic mass is 10.0. The minimum absolute atomic E-state index is 0. The Morgan fingerprint density at radius 3 is 2.47 bits per heavy atom. The Morgan fingerprint density at radius 2 is 1.84 bits per heavy atom. The Balaban J connectivity index is 0.00000289. The summed E-state index contributed by atoms with van der Waals surface area (Å²) in [6.45, 7) is 7.53. The molecule has 3 aromatic rings. The van der Waals surface area contributed by atoms with Crippen molar-refractivity contribution in [3.8, 4) is 0 Å². The van der Waals surface area contributed by atoms with Gasteiger partial charge in [-0.3, -0.25) is 9.69 Å². The molecule has 1 aliphatic rings. The molecular weight excluding hydrogens is 435 g/mol. The third-order valence-corrected chi connectivity index (χ3v) is 5.57. The number of hydrogen-bond acceptors (Lipinski definition) is 6. The lowest BCUT2D eigenvalue weighted by molar-refractivity contribution is 0.0500. The smallest absolute Gasteiger partial charge is 0.289 e. The second-order valence-corrected chi connectivity index (χ2v) is 8.27. The number of hydrogen-bond donors (Lipinski definition) is 0. The predicted octanol–water partition coefficient (Wildman–Crippen LogP) is 3.42. The van der Waals surface area contributed by atoms with E-state index in [0.29, 0.717) is 31.3 Å². The van der Waals surface area contributed by atoms with Gasteiger partial charge < -0.3 is 9.32 Å². The molecule has 10 heteroatoms. The normalized spacial score (nSPS) is 15.6. The van der Waals surface area contributed by atoms with Crippen molar-refractivity contribution >= 4 is 18.3 Å². The maximum atomic E-state index is 13.2. The van der Waals surface area contributed by atoms with Crippen molar-refractivity contribution in [2.24, 2.45) is 5.92 Å². The molecule has 0 saturated carbocycles. The zero-order chi connectivity index (χ0) is 21.8. The van der Waals surface area contributed by atoms with Gasteiger partial charge in [0, 0.05) is 26.2 Å². The summed E-state index contributed by atoms with van der Waals surface area (Å²) in [5.74, 6) is 1.27. The highest BCUT2D eigenvalue weighted by molar-refractivity contribution is 5.91. The molecule has 32 heavy (non-hydrogen) atoms. The first-order chi connectivity index (χ1) is 15.0. The van der Waals surface area contributed by atoms with Crippen LogP contribution in [0.4, 0.5) is 4.39 Å². The fraction of sp³-hybridized carbons (Fsp3) is 0.455. The van der Waals surface area contributed by atoms with Crippen molar-refractivity contribution in [1.82, 2.24) is 30.0 Å². The van der Waals surface area contributed by atoms with Gasteiger partial charge >= 0.3 is 0 Å². The van der Waals surface area contributed by atoms with Gasteiger partial charge in [0.2, 0.25) is 0 Å². The van der Waals surface area contributed by atoms with Gasteiger partial charge in [-0.2, -0.15) is 0 Å². The molecule has 0 spiro atoms. The van der Waals surface area contributed by atoms with Crippen LogP contribution in [0.1, 0.15) is 48.3 Å². The van der Waals surface area contributed by atoms with Crippen molar-refractivity contribution in [3.63, 3.8) is 0 Å². The number of rotatable bonds is 7. The third-order valence-electron chi connectivity index (χ3n) is 5.57. The van der Waals surface area contributed by atoms with Crippen molar-refractivity contribution in [2.75, 3.05) is 26.2 Å². The standard InChI is InChI=1S/C22H27FN6O2.ClH/c1-16(2)14-19(21-24-25-26-29(21)15-17-5-7-18(23)8-6-17)27-9-11-28(12-10-27)22(30)20-4-3-13-31-20;/h3-8,13,16,19H,9-12,14-15H2,1-2H3;1H. The lowest BCUT2D eigenvalue weighted by Gasteiger charge is -2.39. The van der Waals surface area contributed by atoms with Crippen LogP contribution in [-0.4, -0.2) is 62.1 Å². The highest BCUT2D eigenvalue weighted by atomic mass is 35.5. The molecule has 0 aliphatic carbocycles. The van der Waals surface area contributed by atoms with Crippen LogP contribution in [0.2, 0.25) is 0 Å². The van der Waals surface area contributed by atoms with E-state index in [4.69, 9.17) is 4.42 Å². The van der Waals surface area contributed by atoms with Crippen LogP contribution >= 0.6 is 12.4 Å². The molecule has 1 unspecified atom stereocenters. The minimum atomic E-state index is -0.264. The molecule has 1 atom stereocenters. The highest BCUT2D eigenvalue weighted by Gasteiger charge is 2.31. The van der Waals surface area contributed by atoms with E-state index >= 15 is 0 Å². The molecule has 2 aromatic heterocycles. The minimum Gasteiger partial charge on any atom is -0.459 e. The van der Waals surface area contributed by atoms with Crippen molar-refractivity contribution < 1.29 is 13.6 Å². The summed E-state index contributed by atoms with van der Waals surface area (Å²) < 4.78 is 20.3. The first-order valence-electron chi connectivity index (χ1n) is 10.6. The van der Waals surface area contributed by atoms with E-state index in [1.807, 2.05) is 4.90 Å². The molecule has 0 radical (unpaired) electrons. The monoisotopic (exact) mass is 462 g/mol. The zero-order valence-electron chi connectivity index (χ0n) is 18.2. The van der Waals surface area contributed by atoms with Crippen LogP contribution in [-0.2, 0) is 6.54 Å². The summed E-state index contributed by atoms with van der Waals surface area (Å²) in [7, 11) is 0. The average Bonchev–Trinajstić information content (AvgIpc) is 3.46. The van der Waals surface area contributed by atoms with Crippen LogP contribution in [0.15, 0.2) is 47.1 Å². The molecule has 4 rings (SSSR count). The molecule has 3 heterocycles. The van der Waals surface area contributed by atoms with Gasteiger partial charge in [0.25, 0.3) is 5.91 Å². The number of nitrogens with zero attached hydrogens (tertiary/aromatic N) is 6.